The Morgan fingerprint density at radius 1 is 0.609 bits per heavy atom. The van der Waals surface area contributed by atoms with Crippen molar-refractivity contribution in [3.63, 3.8) is 0 Å². The summed E-state index contributed by atoms with van der Waals surface area (Å²) in [6, 6.07) is 13.4. The molecular weight excluding hydrogens is 568 g/mol. The third kappa shape index (κ3) is 4.38. The second kappa shape index (κ2) is 11.0. The average Bonchev–Trinajstić information content (AvgIpc) is 3.50. The molecule has 0 unspecified atom stereocenters. The molecule has 0 saturated heterocycles. The van der Waals surface area contributed by atoms with E-state index in [-0.39, 0.29) is 10.8 Å². The Labute approximate surface area is 276 Å². The summed E-state index contributed by atoms with van der Waals surface area (Å²) in [7, 11) is 3.51. The Bertz CT molecular complexity index is 1440. The summed E-state index contributed by atoms with van der Waals surface area (Å²) in [4.78, 5) is 0. The maximum Gasteiger partial charge on any atom is 0.119 e. The quantitative estimate of drug-likeness (QED) is 0.328. The van der Waals surface area contributed by atoms with Crippen LogP contribution in [0.1, 0.15) is 112 Å². The molecule has 8 rings (SSSR count). The molecule has 2 N–H and O–H groups in total. The summed E-state index contributed by atoms with van der Waals surface area (Å²) < 4.78 is 11.0. The van der Waals surface area contributed by atoms with Gasteiger partial charge in [-0.25, -0.2) is 0 Å². The molecule has 6 aliphatic carbocycles. The topological polar surface area (TPSA) is 58.9 Å². The summed E-state index contributed by atoms with van der Waals surface area (Å²) >= 11 is 0. The minimum Gasteiger partial charge on any atom is -0.497 e. The van der Waals surface area contributed by atoms with Crippen molar-refractivity contribution >= 4 is 0 Å². The van der Waals surface area contributed by atoms with Crippen molar-refractivity contribution in [2.24, 2.45) is 34.5 Å². The molecule has 0 aliphatic heterocycles. The van der Waals surface area contributed by atoms with E-state index in [4.69, 9.17) is 9.47 Å². The summed E-state index contributed by atoms with van der Waals surface area (Å²) in [6.45, 7) is 4.73. The lowest BCUT2D eigenvalue weighted by atomic mass is 9.53. The molecule has 2 aromatic carbocycles. The molecule has 4 heteroatoms. The lowest BCUT2D eigenvalue weighted by Gasteiger charge is -2.53. The Hall–Kier alpha value is -2.56. The predicted octanol–water partition coefficient (Wildman–Crippen LogP) is 8.69. The maximum absolute atomic E-state index is 12.2. The van der Waals surface area contributed by atoms with Gasteiger partial charge in [0.05, 0.1) is 25.4 Å². The number of rotatable bonds is 5. The SMILES string of the molecule is COc1ccc2c(c1)CC[C@@H]1[C@@H]2CC[C@@]2(C)[C@H]1CC[C@@]2(O)C=CC=C[C@]1(O)CC[C@H]2[C@@H]3CCc4cc(OC)ccc4[C@H]3CC[C@@]21C. The van der Waals surface area contributed by atoms with Crippen LogP contribution in [0.4, 0.5) is 0 Å². The van der Waals surface area contributed by atoms with E-state index < -0.39 is 11.2 Å². The van der Waals surface area contributed by atoms with Gasteiger partial charge in [0.2, 0.25) is 0 Å². The lowest BCUT2D eigenvalue weighted by molar-refractivity contribution is -0.0717. The fourth-order valence-electron chi connectivity index (χ4n) is 12.5. The first-order valence-electron chi connectivity index (χ1n) is 18.3. The van der Waals surface area contributed by atoms with Crippen molar-refractivity contribution in [1.29, 1.82) is 0 Å². The number of aliphatic hydroxyl groups is 2. The Kier molecular flexibility index (Phi) is 7.35. The molecule has 0 heterocycles. The number of fused-ring (bicyclic) bond motifs is 10. The number of hydrogen-bond acceptors (Lipinski definition) is 4. The van der Waals surface area contributed by atoms with E-state index >= 15 is 0 Å². The van der Waals surface area contributed by atoms with E-state index in [9.17, 15) is 10.2 Å². The molecular formula is C42H54O4. The molecule has 4 nitrogen and oxygen atoms in total. The lowest BCUT2D eigenvalue weighted by Crippen LogP contribution is -2.50. The number of methoxy groups -OCH3 is 2. The highest BCUT2D eigenvalue weighted by Gasteiger charge is 2.62. The molecule has 10 atom stereocenters. The van der Waals surface area contributed by atoms with Crippen LogP contribution in [0.5, 0.6) is 11.5 Å². The van der Waals surface area contributed by atoms with Gasteiger partial charge in [0.1, 0.15) is 11.5 Å². The van der Waals surface area contributed by atoms with Crippen LogP contribution >= 0.6 is 0 Å². The first kappa shape index (κ1) is 30.8. The van der Waals surface area contributed by atoms with E-state index in [1.807, 2.05) is 0 Å². The number of hydrogen-bond donors (Lipinski definition) is 2. The fraction of sp³-hybridized carbons (Fsp3) is 0.619. The van der Waals surface area contributed by atoms with Gasteiger partial charge in [0.25, 0.3) is 0 Å². The van der Waals surface area contributed by atoms with Crippen LogP contribution in [0.25, 0.3) is 0 Å². The fourth-order valence-corrected chi connectivity index (χ4v) is 12.5. The van der Waals surface area contributed by atoms with Crippen LogP contribution < -0.4 is 9.47 Å². The van der Waals surface area contributed by atoms with Gasteiger partial charge < -0.3 is 19.7 Å². The Morgan fingerprint density at radius 2 is 1.04 bits per heavy atom. The number of allylic oxidation sites excluding steroid dienone is 2. The summed E-state index contributed by atoms with van der Waals surface area (Å²) in [5, 5.41) is 24.5. The van der Waals surface area contributed by atoms with E-state index in [0.717, 1.165) is 75.7 Å². The van der Waals surface area contributed by atoms with Gasteiger partial charge in [-0.3, -0.25) is 0 Å². The van der Waals surface area contributed by atoms with Gasteiger partial charge in [-0.1, -0.05) is 50.3 Å². The Morgan fingerprint density at radius 3 is 1.46 bits per heavy atom. The highest BCUT2D eigenvalue weighted by atomic mass is 16.5. The van der Waals surface area contributed by atoms with E-state index in [0.29, 0.717) is 35.5 Å². The van der Waals surface area contributed by atoms with E-state index in [1.165, 1.54) is 35.1 Å². The van der Waals surface area contributed by atoms with Gasteiger partial charge in [-0.15, -0.1) is 0 Å². The summed E-state index contributed by atoms with van der Waals surface area (Å²) in [5.74, 6) is 5.47. The second-order valence-electron chi connectivity index (χ2n) is 16.5. The molecule has 4 saturated carbocycles. The van der Waals surface area contributed by atoms with Gasteiger partial charge in [-0.05, 0) is 159 Å². The monoisotopic (exact) mass is 622 g/mol. The first-order chi connectivity index (χ1) is 22.1. The van der Waals surface area contributed by atoms with Crippen LogP contribution in [0.15, 0.2) is 60.7 Å². The molecule has 0 amide bonds. The zero-order valence-corrected chi connectivity index (χ0v) is 28.4. The van der Waals surface area contributed by atoms with Gasteiger partial charge in [-0.2, -0.15) is 0 Å². The van der Waals surface area contributed by atoms with Crippen LogP contribution in [0, 0.1) is 34.5 Å². The zero-order valence-electron chi connectivity index (χ0n) is 28.4. The number of benzene rings is 2. The molecule has 0 bridgehead atoms. The molecule has 2 aromatic rings. The maximum atomic E-state index is 12.2. The molecule has 6 aliphatic rings. The number of aryl methyl sites for hydroxylation is 2. The van der Waals surface area contributed by atoms with Crippen LogP contribution in [-0.2, 0) is 12.8 Å². The first-order valence-corrected chi connectivity index (χ1v) is 18.3. The van der Waals surface area contributed by atoms with Crippen LogP contribution in [0.3, 0.4) is 0 Å². The van der Waals surface area contributed by atoms with Crippen LogP contribution in [0.2, 0.25) is 0 Å². The summed E-state index contributed by atoms with van der Waals surface area (Å²) in [5.41, 5.74) is 4.17. The average molecular weight is 623 g/mol. The normalized spacial score (nSPS) is 42.6. The van der Waals surface area contributed by atoms with Crippen LogP contribution in [-0.4, -0.2) is 35.6 Å². The molecule has 0 radical (unpaired) electrons. The summed E-state index contributed by atoms with van der Waals surface area (Å²) in [6.07, 6.45) is 21.2. The largest absolute Gasteiger partial charge is 0.497 e. The van der Waals surface area contributed by atoms with E-state index in [1.54, 1.807) is 14.2 Å². The molecule has 46 heavy (non-hydrogen) atoms. The van der Waals surface area contributed by atoms with Crippen molar-refractivity contribution < 1.29 is 19.7 Å². The second-order valence-corrected chi connectivity index (χ2v) is 16.5. The minimum atomic E-state index is -0.797. The highest BCUT2D eigenvalue weighted by Crippen LogP contribution is 2.66. The van der Waals surface area contributed by atoms with Crippen molar-refractivity contribution in [2.75, 3.05) is 14.2 Å². The highest BCUT2D eigenvalue weighted by molar-refractivity contribution is 5.42. The number of ether oxygens (including phenoxy) is 2. The van der Waals surface area contributed by atoms with E-state index in [2.05, 4.69) is 74.5 Å². The van der Waals surface area contributed by atoms with Crippen molar-refractivity contribution in [3.05, 3.63) is 83.0 Å². The molecule has 4 fully saturated rings. The van der Waals surface area contributed by atoms with Gasteiger partial charge in [0, 0.05) is 10.8 Å². The smallest absolute Gasteiger partial charge is 0.119 e. The predicted molar refractivity (Wildman–Crippen MR) is 183 cm³/mol. The minimum absolute atomic E-state index is 0.108. The van der Waals surface area contributed by atoms with Crippen molar-refractivity contribution in [2.45, 2.75) is 114 Å². The zero-order chi connectivity index (χ0) is 31.9. The van der Waals surface area contributed by atoms with Crippen molar-refractivity contribution in [3.8, 4) is 11.5 Å². The molecule has 246 valence electrons. The van der Waals surface area contributed by atoms with Crippen molar-refractivity contribution in [1.82, 2.24) is 0 Å². The van der Waals surface area contributed by atoms with Gasteiger partial charge >= 0.3 is 0 Å². The molecule has 0 spiro atoms. The Balaban J connectivity index is 0.971. The third-order valence-corrected chi connectivity index (χ3v) is 15.2. The molecule has 0 aromatic heterocycles. The third-order valence-electron chi connectivity index (χ3n) is 15.2. The van der Waals surface area contributed by atoms with Gasteiger partial charge in [0.15, 0.2) is 0 Å². The standard InChI is InChI=1S/C42H54O4/c1-39-21-15-33-31-13-9-29(45-3)25-27(31)7-11-35(33)37(39)17-23-41(39,43)19-5-6-20-42(44)24-18-38-36-12-8-28-26-30(46-4)10-14-32(28)34(36)16-22-40(38,42)2/h5-6,9-10,13-14,19-20,25-26,33-38,43-44H,7-8,11-12,15-18,21-24H2,1-4H3/t33-,34-,35-,36-,37+,38+,39+,40+,41+,42+/m1/s1.